The maximum Gasteiger partial charge on any atom is 0.238 e. The van der Waals surface area contributed by atoms with Gasteiger partial charge in [0.05, 0.1) is 12.3 Å². The van der Waals surface area contributed by atoms with Crippen molar-refractivity contribution < 1.29 is 13.7 Å². The summed E-state index contributed by atoms with van der Waals surface area (Å²) in [6.45, 7) is 2.01. The Morgan fingerprint density at radius 1 is 1.32 bits per heavy atom. The monoisotopic (exact) mass is 359 g/mol. The number of hydrogen-bond acceptors (Lipinski definition) is 5. The van der Waals surface area contributed by atoms with Gasteiger partial charge in [0.25, 0.3) is 0 Å². The van der Waals surface area contributed by atoms with Crippen molar-refractivity contribution in [1.29, 1.82) is 0 Å². The van der Waals surface area contributed by atoms with Crippen LogP contribution >= 0.6 is 11.6 Å². The predicted octanol–water partition coefficient (Wildman–Crippen LogP) is 4.18. The Morgan fingerprint density at radius 2 is 2.20 bits per heavy atom. The zero-order valence-corrected chi connectivity index (χ0v) is 14.5. The number of halogens is 1. The lowest BCUT2D eigenvalue weighted by Gasteiger charge is -2.17. The number of aryl methyl sites for hydroxylation is 1. The van der Waals surface area contributed by atoms with E-state index in [4.69, 9.17) is 20.5 Å². The molecule has 0 radical (unpaired) electrons. The van der Waals surface area contributed by atoms with Crippen LogP contribution < -0.4 is 5.32 Å². The number of rotatable bonds is 7. The number of carbonyl (C=O) groups excluding carboxylic acids is 1. The van der Waals surface area contributed by atoms with Crippen LogP contribution in [0.4, 0.5) is 0 Å². The molecule has 130 valence electrons. The van der Waals surface area contributed by atoms with Crippen LogP contribution in [0.1, 0.15) is 37.3 Å². The molecule has 0 spiro atoms. The third kappa shape index (κ3) is 4.48. The van der Waals surface area contributed by atoms with E-state index in [1.165, 1.54) is 0 Å². The first-order valence-electron chi connectivity index (χ1n) is 8.07. The van der Waals surface area contributed by atoms with Crippen molar-refractivity contribution >= 4 is 17.5 Å². The molecule has 3 aromatic rings. The van der Waals surface area contributed by atoms with Gasteiger partial charge in [0, 0.05) is 17.9 Å². The lowest BCUT2D eigenvalue weighted by molar-refractivity contribution is -0.121. The summed E-state index contributed by atoms with van der Waals surface area (Å²) in [4.78, 5) is 16.5. The largest absolute Gasteiger partial charge is 0.461 e. The Hall–Kier alpha value is -2.60. The van der Waals surface area contributed by atoms with Crippen molar-refractivity contribution in [2.24, 2.45) is 0 Å². The second kappa shape index (κ2) is 7.98. The average Bonchev–Trinajstić information content (AvgIpc) is 3.29. The maximum absolute atomic E-state index is 12.2. The Balaban J connectivity index is 1.55. The number of amides is 1. The first-order chi connectivity index (χ1) is 12.2. The van der Waals surface area contributed by atoms with Crippen LogP contribution in [0.15, 0.2) is 51.6 Å². The van der Waals surface area contributed by atoms with Gasteiger partial charge < -0.3 is 14.3 Å². The van der Waals surface area contributed by atoms with Gasteiger partial charge in [0.2, 0.25) is 17.6 Å². The third-order valence-electron chi connectivity index (χ3n) is 3.77. The van der Waals surface area contributed by atoms with Crippen molar-refractivity contribution in [2.75, 3.05) is 0 Å². The molecule has 3 rings (SSSR count). The number of hydrogen-bond donors (Lipinski definition) is 1. The van der Waals surface area contributed by atoms with E-state index < -0.39 is 0 Å². The SMILES string of the molecule is CCC(NC(=O)CCc1nc(-c2ccco2)no1)c1cccc(Cl)c1. The molecule has 1 atom stereocenters. The number of carbonyl (C=O) groups is 1. The fourth-order valence-corrected chi connectivity index (χ4v) is 2.69. The summed E-state index contributed by atoms with van der Waals surface area (Å²) in [7, 11) is 0. The minimum atomic E-state index is -0.0791. The van der Waals surface area contributed by atoms with Crippen LogP contribution in [0.25, 0.3) is 11.6 Å². The van der Waals surface area contributed by atoms with Crippen LogP contribution in [-0.2, 0) is 11.2 Å². The van der Waals surface area contributed by atoms with Crippen LogP contribution in [0.5, 0.6) is 0 Å². The molecule has 1 N–H and O–H groups in total. The summed E-state index contributed by atoms with van der Waals surface area (Å²) in [5.41, 5.74) is 0.987. The van der Waals surface area contributed by atoms with Crippen LogP contribution in [-0.4, -0.2) is 16.0 Å². The quantitative estimate of drug-likeness (QED) is 0.684. The molecule has 1 unspecified atom stereocenters. The first-order valence-corrected chi connectivity index (χ1v) is 8.44. The number of aromatic nitrogens is 2. The number of nitrogens with one attached hydrogen (secondary N) is 1. The highest BCUT2D eigenvalue weighted by molar-refractivity contribution is 6.30. The second-order valence-electron chi connectivity index (χ2n) is 5.57. The van der Waals surface area contributed by atoms with Crippen molar-refractivity contribution in [3.8, 4) is 11.6 Å². The van der Waals surface area contributed by atoms with E-state index in [1.54, 1.807) is 18.4 Å². The van der Waals surface area contributed by atoms with E-state index in [0.29, 0.717) is 28.9 Å². The van der Waals surface area contributed by atoms with Gasteiger partial charge in [-0.15, -0.1) is 0 Å². The zero-order valence-electron chi connectivity index (χ0n) is 13.7. The van der Waals surface area contributed by atoms with Crippen molar-refractivity contribution in [1.82, 2.24) is 15.5 Å². The number of nitrogens with zero attached hydrogens (tertiary/aromatic N) is 2. The average molecular weight is 360 g/mol. The van der Waals surface area contributed by atoms with E-state index >= 15 is 0 Å². The summed E-state index contributed by atoms with van der Waals surface area (Å²) >= 11 is 6.02. The Morgan fingerprint density at radius 3 is 2.92 bits per heavy atom. The van der Waals surface area contributed by atoms with Gasteiger partial charge in [-0.1, -0.05) is 35.8 Å². The number of furan rings is 1. The molecular weight excluding hydrogens is 342 g/mol. The molecule has 2 heterocycles. The predicted molar refractivity (Wildman–Crippen MR) is 92.9 cm³/mol. The Bertz CT molecular complexity index is 830. The Labute approximate surface area is 150 Å². The van der Waals surface area contributed by atoms with E-state index in [0.717, 1.165) is 12.0 Å². The van der Waals surface area contributed by atoms with Gasteiger partial charge >= 0.3 is 0 Å². The molecule has 0 aliphatic carbocycles. The van der Waals surface area contributed by atoms with E-state index in [1.807, 2.05) is 31.2 Å². The molecule has 0 aliphatic rings. The zero-order chi connectivity index (χ0) is 17.6. The van der Waals surface area contributed by atoms with Crippen molar-refractivity contribution in [2.45, 2.75) is 32.2 Å². The van der Waals surface area contributed by atoms with Crippen molar-refractivity contribution in [3.63, 3.8) is 0 Å². The molecule has 6 nitrogen and oxygen atoms in total. The second-order valence-corrected chi connectivity index (χ2v) is 6.01. The van der Waals surface area contributed by atoms with E-state index in [9.17, 15) is 4.79 Å². The first kappa shape index (κ1) is 17.2. The van der Waals surface area contributed by atoms with Gasteiger partial charge in [-0.05, 0) is 36.2 Å². The van der Waals surface area contributed by atoms with E-state index in [-0.39, 0.29) is 18.4 Å². The van der Waals surface area contributed by atoms with Crippen LogP contribution in [0, 0.1) is 0 Å². The van der Waals surface area contributed by atoms with Gasteiger partial charge in [-0.2, -0.15) is 4.98 Å². The highest BCUT2D eigenvalue weighted by Gasteiger charge is 2.15. The molecule has 2 aromatic heterocycles. The minimum Gasteiger partial charge on any atom is -0.461 e. The van der Waals surface area contributed by atoms with Crippen LogP contribution in [0.3, 0.4) is 0 Å². The summed E-state index contributed by atoms with van der Waals surface area (Å²) in [5.74, 6) is 1.24. The molecule has 0 bridgehead atoms. The molecule has 0 saturated carbocycles. The molecule has 25 heavy (non-hydrogen) atoms. The molecule has 1 amide bonds. The van der Waals surface area contributed by atoms with Gasteiger partial charge in [-0.25, -0.2) is 0 Å². The summed E-state index contributed by atoms with van der Waals surface area (Å²) in [6.07, 6.45) is 2.94. The van der Waals surface area contributed by atoms with E-state index in [2.05, 4.69) is 15.5 Å². The normalized spacial score (nSPS) is 12.1. The van der Waals surface area contributed by atoms with Gasteiger partial charge in [0.1, 0.15) is 0 Å². The fourth-order valence-electron chi connectivity index (χ4n) is 2.49. The smallest absolute Gasteiger partial charge is 0.238 e. The molecule has 7 heteroatoms. The van der Waals surface area contributed by atoms with Gasteiger partial charge in [-0.3, -0.25) is 4.79 Å². The molecule has 0 aliphatic heterocycles. The summed E-state index contributed by atoms with van der Waals surface area (Å²) < 4.78 is 10.4. The Kier molecular flexibility index (Phi) is 5.50. The molecule has 0 fully saturated rings. The van der Waals surface area contributed by atoms with Gasteiger partial charge in [0.15, 0.2) is 5.76 Å². The lowest BCUT2D eigenvalue weighted by atomic mass is 10.0. The fraction of sp³-hybridized carbons (Fsp3) is 0.278. The summed E-state index contributed by atoms with van der Waals surface area (Å²) in [6, 6.07) is 10.9. The maximum atomic E-state index is 12.2. The summed E-state index contributed by atoms with van der Waals surface area (Å²) in [5, 5.41) is 7.51. The molecule has 1 aromatic carbocycles. The minimum absolute atomic E-state index is 0.0763. The van der Waals surface area contributed by atoms with Crippen LogP contribution in [0.2, 0.25) is 5.02 Å². The van der Waals surface area contributed by atoms with Crippen molar-refractivity contribution in [3.05, 3.63) is 59.1 Å². The highest BCUT2D eigenvalue weighted by atomic mass is 35.5. The highest BCUT2D eigenvalue weighted by Crippen LogP contribution is 2.21. The topological polar surface area (TPSA) is 81.2 Å². The lowest BCUT2D eigenvalue weighted by Crippen LogP contribution is -2.28. The molecule has 0 saturated heterocycles. The standard InChI is InChI=1S/C18H18ClN3O3/c1-2-14(12-5-3-6-13(19)11-12)20-16(23)8-9-17-21-18(22-25-17)15-7-4-10-24-15/h3-7,10-11,14H,2,8-9H2,1H3,(H,20,23). The molecular formula is C18H18ClN3O3. The third-order valence-corrected chi connectivity index (χ3v) is 4.01. The number of benzene rings is 1.